The summed E-state index contributed by atoms with van der Waals surface area (Å²) < 4.78 is 19.9. The molecule has 0 aliphatic carbocycles. The summed E-state index contributed by atoms with van der Waals surface area (Å²) in [5.74, 6) is -3.75. The number of halogens is 1. The first-order valence-corrected chi connectivity index (χ1v) is 13.5. The highest BCUT2D eigenvalue weighted by Gasteiger charge is 2.65. The second-order valence-electron chi connectivity index (χ2n) is 10.4. The largest absolute Gasteiger partial charge is 0.451 e. The van der Waals surface area contributed by atoms with E-state index in [-0.39, 0.29) is 5.69 Å². The van der Waals surface area contributed by atoms with Crippen molar-refractivity contribution in [1.29, 1.82) is 0 Å². The fourth-order valence-corrected chi connectivity index (χ4v) is 6.40. The van der Waals surface area contributed by atoms with Crippen LogP contribution in [0.25, 0.3) is 6.08 Å². The molecule has 3 aliphatic rings. The summed E-state index contributed by atoms with van der Waals surface area (Å²) in [5.41, 5.74) is 3.51. The Labute approximate surface area is 236 Å². The Hall–Kier alpha value is -5.04. The molecular formula is C34H25FN2O4. The van der Waals surface area contributed by atoms with Crippen LogP contribution in [-0.2, 0) is 19.1 Å². The number of rotatable bonds is 5. The normalized spacial score (nSPS) is 22.5. The molecule has 0 bridgehead atoms. The second-order valence-corrected chi connectivity index (χ2v) is 10.4. The predicted octanol–water partition coefficient (Wildman–Crippen LogP) is 5.55. The molecule has 7 heteroatoms. The molecule has 0 aromatic heterocycles. The predicted molar refractivity (Wildman–Crippen MR) is 152 cm³/mol. The molecule has 0 N–H and O–H groups in total. The first-order chi connectivity index (χ1) is 20.0. The first-order valence-electron chi connectivity index (χ1n) is 13.5. The van der Waals surface area contributed by atoms with Gasteiger partial charge in [-0.1, -0.05) is 91.0 Å². The van der Waals surface area contributed by atoms with Crippen molar-refractivity contribution in [2.24, 2.45) is 11.8 Å². The molecule has 0 radical (unpaired) electrons. The van der Waals surface area contributed by atoms with Crippen molar-refractivity contribution in [2.45, 2.75) is 18.2 Å². The van der Waals surface area contributed by atoms with E-state index in [1.54, 1.807) is 0 Å². The molecule has 2 fully saturated rings. The minimum atomic E-state index is -1.05. The average molecular weight is 545 g/mol. The summed E-state index contributed by atoms with van der Waals surface area (Å²) >= 11 is 0. The molecule has 4 atom stereocenters. The van der Waals surface area contributed by atoms with E-state index in [1.165, 1.54) is 24.3 Å². The van der Waals surface area contributed by atoms with Crippen molar-refractivity contribution in [2.75, 3.05) is 9.80 Å². The van der Waals surface area contributed by atoms with Gasteiger partial charge in [-0.05, 0) is 47.0 Å². The molecule has 4 aromatic rings. The molecule has 0 saturated carbocycles. The number of benzene rings is 4. The molecule has 6 nitrogen and oxygen atoms in total. The third kappa shape index (κ3) is 4.04. The smallest absolute Gasteiger partial charge is 0.330 e. The maximum atomic E-state index is 14.3. The van der Waals surface area contributed by atoms with Crippen molar-refractivity contribution in [3.8, 4) is 0 Å². The average Bonchev–Trinajstić information content (AvgIpc) is 3.49. The summed E-state index contributed by atoms with van der Waals surface area (Å²) in [4.78, 5) is 45.2. The molecule has 3 aliphatic heterocycles. The zero-order valence-electron chi connectivity index (χ0n) is 21.8. The summed E-state index contributed by atoms with van der Waals surface area (Å²) in [6.45, 7) is 0. The van der Waals surface area contributed by atoms with Gasteiger partial charge in [0.15, 0.2) is 6.10 Å². The number of hydrogen-bond acceptors (Lipinski definition) is 5. The Morgan fingerprint density at radius 1 is 0.732 bits per heavy atom. The van der Waals surface area contributed by atoms with Crippen LogP contribution in [0, 0.1) is 17.7 Å². The first kappa shape index (κ1) is 25.0. The van der Waals surface area contributed by atoms with Crippen molar-refractivity contribution in [3.63, 3.8) is 0 Å². The van der Waals surface area contributed by atoms with Crippen LogP contribution in [0.4, 0.5) is 15.8 Å². The fourth-order valence-electron chi connectivity index (χ4n) is 6.40. The Morgan fingerprint density at radius 3 is 1.98 bits per heavy atom. The van der Waals surface area contributed by atoms with E-state index in [4.69, 9.17) is 4.74 Å². The lowest BCUT2D eigenvalue weighted by Gasteiger charge is -2.36. The molecule has 41 heavy (non-hydrogen) atoms. The van der Waals surface area contributed by atoms with E-state index in [0.717, 1.165) is 27.3 Å². The zero-order valence-corrected chi connectivity index (χ0v) is 21.8. The third-order valence-corrected chi connectivity index (χ3v) is 8.18. The van der Waals surface area contributed by atoms with Gasteiger partial charge in [-0.3, -0.25) is 9.59 Å². The Bertz CT molecular complexity index is 1630. The van der Waals surface area contributed by atoms with Crippen LogP contribution in [0.5, 0.6) is 0 Å². The topological polar surface area (TPSA) is 66.9 Å². The molecular weight excluding hydrogens is 519 g/mol. The van der Waals surface area contributed by atoms with Gasteiger partial charge in [0.2, 0.25) is 11.8 Å². The molecule has 0 unspecified atom stereocenters. The third-order valence-electron chi connectivity index (χ3n) is 8.18. The summed E-state index contributed by atoms with van der Waals surface area (Å²) in [6, 6.07) is 30.1. The van der Waals surface area contributed by atoms with Crippen molar-refractivity contribution in [1.82, 2.24) is 0 Å². The minimum Gasteiger partial charge on any atom is -0.451 e. The van der Waals surface area contributed by atoms with Gasteiger partial charge in [-0.2, -0.15) is 0 Å². The number of anilines is 2. The van der Waals surface area contributed by atoms with E-state index in [1.807, 2.05) is 102 Å². The van der Waals surface area contributed by atoms with Gasteiger partial charge in [0.05, 0.1) is 23.6 Å². The lowest BCUT2D eigenvalue weighted by molar-refractivity contribution is -0.151. The Morgan fingerprint density at radius 2 is 1.32 bits per heavy atom. The van der Waals surface area contributed by atoms with Gasteiger partial charge in [0.1, 0.15) is 11.9 Å². The Balaban J connectivity index is 1.32. The lowest BCUT2D eigenvalue weighted by Crippen LogP contribution is -2.49. The quantitative estimate of drug-likeness (QED) is 0.244. The summed E-state index contributed by atoms with van der Waals surface area (Å²) in [6.07, 6.45) is 3.10. The number of amides is 2. The van der Waals surface area contributed by atoms with Crippen molar-refractivity contribution in [3.05, 3.63) is 138 Å². The maximum absolute atomic E-state index is 14.3. The van der Waals surface area contributed by atoms with E-state index >= 15 is 0 Å². The number of carbonyl (C=O) groups is 3. The highest BCUT2D eigenvalue weighted by molar-refractivity contribution is 6.24. The van der Waals surface area contributed by atoms with Gasteiger partial charge in [-0.15, -0.1) is 0 Å². The van der Waals surface area contributed by atoms with E-state index in [9.17, 15) is 18.8 Å². The van der Waals surface area contributed by atoms with Crippen LogP contribution in [0.3, 0.4) is 0 Å². The molecule has 2 amide bonds. The van der Waals surface area contributed by atoms with Crippen molar-refractivity contribution >= 4 is 35.2 Å². The molecule has 7 rings (SSSR count). The van der Waals surface area contributed by atoms with Gasteiger partial charge >= 0.3 is 5.97 Å². The highest BCUT2D eigenvalue weighted by Crippen LogP contribution is 2.49. The molecule has 3 heterocycles. The number of hydrogen-bond donors (Lipinski definition) is 0. The van der Waals surface area contributed by atoms with Crippen LogP contribution in [0.2, 0.25) is 0 Å². The van der Waals surface area contributed by atoms with Crippen molar-refractivity contribution < 1.29 is 23.5 Å². The second kappa shape index (κ2) is 9.86. The zero-order chi connectivity index (χ0) is 28.1. The van der Waals surface area contributed by atoms with Gasteiger partial charge in [0, 0.05) is 5.69 Å². The molecule has 202 valence electrons. The molecule has 2 saturated heterocycles. The van der Waals surface area contributed by atoms with Crippen LogP contribution in [-0.4, -0.2) is 29.9 Å². The summed E-state index contributed by atoms with van der Waals surface area (Å²) in [7, 11) is 0. The van der Waals surface area contributed by atoms with E-state index in [0.29, 0.717) is 0 Å². The fraction of sp³-hybridized carbons (Fsp3) is 0.147. The molecule has 4 aromatic carbocycles. The van der Waals surface area contributed by atoms with E-state index in [2.05, 4.69) is 0 Å². The molecule has 0 spiro atoms. The number of fused-ring (bicyclic) bond motifs is 5. The number of esters is 1. The van der Waals surface area contributed by atoms with Gasteiger partial charge in [-0.25, -0.2) is 14.1 Å². The van der Waals surface area contributed by atoms with Crippen LogP contribution >= 0.6 is 0 Å². The van der Waals surface area contributed by atoms with Gasteiger partial charge in [0.25, 0.3) is 0 Å². The summed E-state index contributed by atoms with van der Waals surface area (Å²) in [5, 5.41) is 0. The number of imide groups is 1. The monoisotopic (exact) mass is 544 g/mol. The van der Waals surface area contributed by atoms with Crippen LogP contribution in [0.1, 0.15) is 22.8 Å². The Kier molecular flexibility index (Phi) is 6.00. The maximum Gasteiger partial charge on any atom is 0.330 e. The van der Waals surface area contributed by atoms with E-state index < -0.39 is 53.6 Å². The van der Waals surface area contributed by atoms with Crippen LogP contribution in [0.15, 0.2) is 115 Å². The number of para-hydroxylation sites is 1. The van der Waals surface area contributed by atoms with Crippen LogP contribution < -0.4 is 9.80 Å². The lowest BCUT2D eigenvalue weighted by atomic mass is 9.88. The number of carbonyl (C=O) groups excluding carboxylic acids is 3. The SMILES string of the molecule is O=C(OC(c1ccccc1)c1ccccc1)[C@H]1[C@H]2C(=O)N(c3ccc(F)cc3)C(=O)[C@H]2[C@@H]2C=Cc3ccccc3N21. The van der Waals surface area contributed by atoms with Gasteiger partial charge < -0.3 is 9.64 Å². The number of ether oxygens (including phenoxy) is 1. The minimum absolute atomic E-state index is 0.279. The standard InChI is InChI=1S/C34H25FN2O4/c35-24-16-18-25(19-17-24)36-32(38)28-27-20-15-21-9-7-8-14-26(21)37(27)30(29(28)33(36)39)34(40)41-31(22-10-3-1-4-11-22)23-12-5-2-6-13-23/h1-20,27-31H/t27-,28-,29-,30+/m0/s1. The highest BCUT2D eigenvalue weighted by atomic mass is 19.1. The number of nitrogens with zero attached hydrogens (tertiary/aromatic N) is 2.